The van der Waals surface area contributed by atoms with E-state index in [1.807, 2.05) is 41.3 Å². The fraction of sp³-hybridized carbons (Fsp3) is 0.400. The van der Waals surface area contributed by atoms with E-state index in [9.17, 15) is 9.59 Å². The molecule has 7 heteroatoms. The Kier molecular flexibility index (Phi) is 6.55. The number of aryl methyl sites for hydroxylation is 1. The van der Waals surface area contributed by atoms with Gasteiger partial charge >= 0.3 is 0 Å². The van der Waals surface area contributed by atoms with Crippen molar-refractivity contribution in [3.63, 3.8) is 0 Å². The van der Waals surface area contributed by atoms with E-state index in [-0.39, 0.29) is 17.9 Å². The van der Waals surface area contributed by atoms with Crippen LogP contribution in [0, 0.1) is 6.92 Å². The number of ether oxygens (including phenoxy) is 1. The Bertz CT molecular complexity index is 1010. The van der Waals surface area contributed by atoms with Crippen molar-refractivity contribution in [2.75, 3.05) is 39.8 Å². The van der Waals surface area contributed by atoms with Crippen molar-refractivity contribution in [3.05, 3.63) is 65.2 Å². The van der Waals surface area contributed by atoms with Crippen LogP contribution in [0.3, 0.4) is 0 Å². The van der Waals surface area contributed by atoms with Gasteiger partial charge in [0.05, 0.1) is 25.4 Å². The fourth-order valence-electron chi connectivity index (χ4n) is 4.39. The minimum absolute atomic E-state index is 0.0157. The summed E-state index contributed by atoms with van der Waals surface area (Å²) in [5.41, 5.74) is 4.16. The molecule has 2 aliphatic heterocycles. The van der Waals surface area contributed by atoms with Gasteiger partial charge in [-0.3, -0.25) is 14.5 Å². The highest BCUT2D eigenvalue weighted by atomic mass is 16.5. The first-order valence-corrected chi connectivity index (χ1v) is 11.0. The molecule has 1 unspecified atom stereocenters. The number of carbonyl (C=O) groups excluding carboxylic acids is 2. The van der Waals surface area contributed by atoms with Crippen molar-refractivity contribution in [2.45, 2.75) is 26.3 Å². The summed E-state index contributed by atoms with van der Waals surface area (Å²) in [5, 5.41) is 6.46. The SMILES string of the molecule is COc1ccc(C2=NN(C(=O)CN3CCN(C(C)=O)CC3)C(c3ccccc3C)C2)cc1. The monoisotopic (exact) mass is 434 g/mol. The molecule has 0 bridgehead atoms. The van der Waals surface area contributed by atoms with Gasteiger partial charge in [0.2, 0.25) is 5.91 Å². The number of carbonyl (C=O) groups is 2. The second-order valence-electron chi connectivity index (χ2n) is 8.37. The lowest BCUT2D eigenvalue weighted by Crippen LogP contribution is -2.50. The van der Waals surface area contributed by atoms with E-state index in [1.165, 1.54) is 0 Å². The highest BCUT2D eigenvalue weighted by molar-refractivity contribution is 6.03. The van der Waals surface area contributed by atoms with Crippen LogP contribution in [0.4, 0.5) is 0 Å². The molecule has 168 valence electrons. The third kappa shape index (κ3) is 4.67. The molecule has 2 aromatic carbocycles. The van der Waals surface area contributed by atoms with E-state index in [4.69, 9.17) is 9.84 Å². The van der Waals surface area contributed by atoms with Crippen LogP contribution in [0.15, 0.2) is 53.6 Å². The Morgan fingerprint density at radius 2 is 1.72 bits per heavy atom. The maximum Gasteiger partial charge on any atom is 0.257 e. The lowest BCUT2D eigenvalue weighted by Gasteiger charge is -2.34. The predicted octanol–water partition coefficient (Wildman–Crippen LogP) is 2.85. The number of hydrogen-bond acceptors (Lipinski definition) is 5. The average Bonchev–Trinajstić information content (AvgIpc) is 3.25. The topological polar surface area (TPSA) is 65.5 Å². The number of rotatable bonds is 5. The molecule has 32 heavy (non-hydrogen) atoms. The summed E-state index contributed by atoms with van der Waals surface area (Å²) < 4.78 is 5.27. The molecule has 7 nitrogen and oxygen atoms in total. The summed E-state index contributed by atoms with van der Waals surface area (Å²) in [6.45, 7) is 6.67. The Labute approximate surface area is 189 Å². The second-order valence-corrected chi connectivity index (χ2v) is 8.37. The van der Waals surface area contributed by atoms with Crippen molar-refractivity contribution in [3.8, 4) is 5.75 Å². The molecule has 0 aliphatic carbocycles. The van der Waals surface area contributed by atoms with E-state index in [1.54, 1.807) is 19.0 Å². The van der Waals surface area contributed by atoms with Crippen LogP contribution in [0.2, 0.25) is 0 Å². The molecule has 2 amide bonds. The average molecular weight is 435 g/mol. The molecule has 2 aliphatic rings. The van der Waals surface area contributed by atoms with Gasteiger partial charge in [-0.15, -0.1) is 0 Å². The van der Waals surface area contributed by atoms with Crippen LogP contribution >= 0.6 is 0 Å². The number of piperazine rings is 1. The smallest absolute Gasteiger partial charge is 0.257 e. The zero-order valence-corrected chi connectivity index (χ0v) is 19.0. The quantitative estimate of drug-likeness (QED) is 0.726. The van der Waals surface area contributed by atoms with Crippen molar-refractivity contribution in [1.29, 1.82) is 0 Å². The van der Waals surface area contributed by atoms with Crippen LogP contribution in [-0.4, -0.2) is 72.2 Å². The number of benzene rings is 2. The molecule has 0 aromatic heterocycles. The summed E-state index contributed by atoms with van der Waals surface area (Å²) >= 11 is 0. The highest BCUT2D eigenvalue weighted by Crippen LogP contribution is 2.34. The minimum atomic E-state index is -0.126. The van der Waals surface area contributed by atoms with Crippen molar-refractivity contribution < 1.29 is 14.3 Å². The maximum absolute atomic E-state index is 13.4. The first-order chi connectivity index (χ1) is 15.5. The minimum Gasteiger partial charge on any atom is -0.497 e. The fourth-order valence-corrected chi connectivity index (χ4v) is 4.39. The maximum atomic E-state index is 13.4. The molecule has 0 radical (unpaired) electrons. The molecule has 2 aromatic rings. The van der Waals surface area contributed by atoms with Crippen molar-refractivity contribution >= 4 is 17.5 Å². The molecule has 2 heterocycles. The van der Waals surface area contributed by atoms with Gasteiger partial charge in [0.15, 0.2) is 0 Å². The second kappa shape index (κ2) is 9.53. The summed E-state index contributed by atoms with van der Waals surface area (Å²) in [6.07, 6.45) is 0.668. The van der Waals surface area contributed by atoms with E-state index in [0.717, 1.165) is 28.2 Å². The molecule has 0 N–H and O–H groups in total. The van der Waals surface area contributed by atoms with E-state index in [0.29, 0.717) is 39.1 Å². The van der Waals surface area contributed by atoms with E-state index in [2.05, 4.69) is 24.0 Å². The number of nitrogens with zero attached hydrogens (tertiary/aromatic N) is 4. The highest BCUT2D eigenvalue weighted by Gasteiger charge is 2.34. The van der Waals surface area contributed by atoms with Gasteiger partial charge < -0.3 is 9.64 Å². The predicted molar refractivity (Wildman–Crippen MR) is 124 cm³/mol. The van der Waals surface area contributed by atoms with Crippen molar-refractivity contribution in [1.82, 2.24) is 14.8 Å². The van der Waals surface area contributed by atoms with Crippen LogP contribution in [0.5, 0.6) is 5.75 Å². The van der Waals surface area contributed by atoms with Gasteiger partial charge in [0.25, 0.3) is 5.91 Å². The van der Waals surface area contributed by atoms with E-state index >= 15 is 0 Å². The number of hydrazone groups is 1. The first kappa shape index (κ1) is 22.0. The van der Waals surface area contributed by atoms with Gasteiger partial charge in [-0.2, -0.15) is 5.10 Å². The molecule has 0 spiro atoms. The number of amides is 2. The Morgan fingerprint density at radius 3 is 2.34 bits per heavy atom. The van der Waals surface area contributed by atoms with Crippen LogP contribution in [0.1, 0.15) is 36.1 Å². The summed E-state index contributed by atoms with van der Waals surface area (Å²) in [7, 11) is 1.65. The molecular weight excluding hydrogens is 404 g/mol. The van der Waals surface area contributed by atoms with Gasteiger partial charge in [-0.25, -0.2) is 5.01 Å². The molecule has 1 fully saturated rings. The molecule has 4 rings (SSSR count). The lowest BCUT2D eigenvalue weighted by atomic mass is 9.95. The third-order valence-electron chi connectivity index (χ3n) is 6.31. The number of methoxy groups -OCH3 is 1. The third-order valence-corrected chi connectivity index (χ3v) is 6.31. The summed E-state index contributed by atoms with van der Waals surface area (Å²) in [5.74, 6) is 0.863. The largest absolute Gasteiger partial charge is 0.497 e. The standard InChI is InChI=1S/C25H30N4O3/c1-18-6-4-5-7-22(18)24-16-23(20-8-10-21(32-3)11-9-20)26-29(24)25(31)17-27-12-14-28(15-13-27)19(2)30/h4-11,24H,12-17H2,1-3H3. The Balaban J connectivity index is 1.55. The van der Waals surface area contributed by atoms with Gasteiger partial charge in [-0.05, 0) is 47.9 Å². The summed E-state index contributed by atoms with van der Waals surface area (Å²) in [4.78, 5) is 28.9. The van der Waals surface area contributed by atoms with Crippen LogP contribution in [-0.2, 0) is 9.59 Å². The van der Waals surface area contributed by atoms with Crippen LogP contribution in [0.25, 0.3) is 0 Å². The molecule has 1 saturated heterocycles. The van der Waals surface area contributed by atoms with Gasteiger partial charge in [0, 0.05) is 39.5 Å². The van der Waals surface area contributed by atoms with Gasteiger partial charge in [0.1, 0.15) is 5.75 Å². The van der Waals surface area contributed by atoms with Crippen molar-refractivity contribution in [2.24, 2.45) is 5.10 Å². The van der Waals surface area contributed by atoms with E-state index < -0.39 is 0 Å². The number of hydrogen-bond donors (Lipinski definition) is 0. The summed E-state index contributed by atoms with van der Waals surface area (Å²) in [6, 6.07) is 15.9. The lowest BCUT2D eigenvalue weighted by molar-refractivity contribution is -0.135. The zero-order valence-electron chi connectivity index (χ0n) is 19.0. The zero-order chi connectivity index (χ0) is 22.7. The first-order valence-electron chi connectivity index (χ1n) is 11.0. The normalized spacial score (nSPS) is 19.1. The Morgan fingerprint density at radius 1 is 1.03 bits per heavy atom. The van der Waals surface area contributed by atoms with Gasteiger partial charge in [-0.1, -0.05) is 24.3 Å². The van der Waals surface area contributed by atoms with Crippen LogP contribution < -0.4 is 4.74 Å². The Hall–Kier alpha value is -3.19. The molecule has 0 saturated carbocycles. The molecular formula is C25H30N4O3. The molecule has 1 atom stereocenters.